The average Bonchev–Trinajstić information content (AvgIpc) is 2.93. The van der Waals surface area contributed by atoms with Crippen molar-refractivity contribution in [2.24, 2.45) is 0 Å². The molecule has 2 N–H and O–H groups in total. The average molecular weight is 513 g/mol. The molecule has 4 aromatic carbocycles. The Morgan fingerprint density at radius 1 is 0.730 bits per heavy atom. The molecular weight excluding hydrogens is 484 g/mol. The Kier molecular flexibility index (Phi) is 9.33. The Morgan fingerprint density at radius 3 is 2.03 bits per heavy atom. The molecular formula is C31H29ClN2O3. The van der Waals surface area contributed by atoms with Gasteiger partial charge in [-0.05, 0) is 72.5 Å². The first-order chi connectivity index (χ1) is 18.1. The summed E-state index contributed by atoms with van der Waals surface area (Å²) < 4.78 is 5.80. The van der Waals surface area contributed by atoms with Crippen molar-refractivity contribution in [2.45, 2.75) is 25.3 Å². The summed E-state index contributed by atoms with van der Waals surface area (Å²) in [5, 5.41) is 6.50. The molecule has 4 aromatic rings. The molecule has 0 saturated heterocycles. The normalized spacial score (nSPS) is 11.4. The van der Waals surface area contributed by atoms with Crippen LogP contribution in [0.3, 0.4) is 0 Å². The molecule has 2 amide bonds. The number of hydrogen-bond acceptors (Lipinski definition) is 3. The lowest BCUT2D eigenvalue weighted by molar-refractivity contribution is -0.122. The Bertz CT molecular complexity index is 1280. The molecule has 0 aliphatic heterocycles. The molecule has 0 aliphatic rings. The lowest BCUT2D eigenvalue weighted by Crippen LogP contribution is -2.48. The standard InChI is InChI=1S/C31H29ClN2O3/c32-26-17-13-24(14-18-26)22-29(31(36)33-21-7-10-23-8-3-1-4-9-23)34-30(35)25-15-19-28(20-16-25)37-27-11-5-2-6-12-27/h1-6,8-9,11-20,29H,7,10,21-22H2,(H,33,36)(H,34,35). The van der Waals surface area contributed by atoms with Gasteiger partial charge < -0.3 is 15.4 Å². The zero-order chi connectivity index (χ0) is 25.9. The summed E-state index contributed by atoms with van der Waals surface area (Å²) in [6.07, 6.45) is 2.02. The van der Waals surface area contributed by atoms with Crippen LogP contribution in [0.1, 0.15) is 27.9 Å². The Hall–Kier alpha value is -4.09. The number of halogens is 1. The van der Waals surface area contributed by atoms with E-state index in [0.29, 0.717) is 35.1 Å². The van der Waals surface area contributed by atoms with Crippen LogP contribution in [0.25, 0.3) is 0 Å². The fraction of sp³-hybridized carbons (Fsp3) is 0.161. The smallest absolute Gasteiger partial charge is 0.251 e. The maximum absolute atomic E-state index is 13.1. The van der Waals surface area contributed by atoms with Crippen molar-refractivity contribution in [3.05, 3.63) is 131 Å². The fourth-order valence-corrected chi connectivity index (χ4v) is 4.00. The number of para-hydroxylation sites is 1. The first kappa shape index (κ1) is 26.0. The first-order valence-electron chi connectivity index (χ1n) is 12.3. The van der Waals surface area contributed by atoms with Gasteiger partial charge in [0.1, 0.15) is 17.5 Å². The van der Waals surface area contributed by atoms with E-state index < -0.39 is 6.04 Å². The van der Waals surface area contributed by atoms with E-state index in [4.69, 9.17) is 16.3 Å². The van der Waals surface area contributed by atoms with E-state index in [1.54, 1.807) is 36.4 Å². The zero-order valence-electron chi connectivity index (χ0n) is 20.4. The summed E-state index contributed by atoms with van der Waals surface area (Å²) >= 11 is 6.01. The molecule has 0 saturated carbocycles. The Labute approximate surface area is 222 Å². The Balaban J connectivity index is 1.37. The van der Waals surface area contributed by atoms with Gasteiger partial charge in [0, 0.05) is 23.6 Å². The number of nitrogens with one attached hydrogen (secondary N) is 2. The molecule has 0 aromatic heterocycles. The van der Waals surface area contributed by atoms with E-state index in [2.05, 4.69) is 22.8 Å². The second kappa shape index (κ2) is 13.3. The predicted molar refractivity (Wildman–Crippen MR) is 147 cm³/mol. The van der Waals surface area contributed by atoms with E-state index >= 15 is 0 Å². The minimum Gasteiger partial charge on any atom is -0.457 e. The SMILES string of the molecule is O=C(NC(Cc1ccc(Cl)cc1)C(=O)NCCCc1ccccc1)c1ccc(Oc2ccccc2)cc1. The van der Waals surface area contributed by atoms with Gasteiger partial charge in [0.15, 0.2) is 0 Å². The second-order valence-corrected chi connectivity index (χ2v) is 9.11. The van der Waals surface area contributed by atoms with Gasteiger partial charge >= 0.3 is 0 Å². The van der Waals surface area contributed by atoms with Gasteiger partial charge in [0.05, 0.1) is 0 Å². The molecule has 1 atom stereocenters. The van der Waals surface area contributed by atoms with E-state index in [1.807, 2.05) is 60.7 Å². The number of carbonyl (C=O) groups is 2. The van der Waals surface area contributed by atoms with Crippen LogP contribution in [0, 0.1) is 0 Å². The van der Waals surface area contributed by atoms with E-state index in [9.17, 15) is 9.59 Å². The van der Waals surface area contributed by atoms with Crippen molar-refractivity contribution in [3.8, 4) is 11.5 Å². The highest BCUT2D eigenvalue weighted by molar-refractivity contribution is 6.30. The largest absolute Gasteiger partial charge is 0.457 e. The molecule has 0 fully saturated rings. The molecule has 0 spiro atoms. The number of rotatable bonds is 11. The van der Waals surface area contributed by atoms with Gasteiger partial charge in [0.25, 0.3) is 5.91 Å². The Morgan fingerprint density at radius 2 is 1.35 bits per heavy atom. The number of aryl methyl sites for hydroxylation is 1. The summed E-state index contributed by atoms with van der Waals surface area (Å²) in [5.41, 5.74) is 2.57. The number of ether oxygens (including phenoxy) is 1. The molecule has 4 rings (SSSR count). The van der Waals surface area contributed by atoms with Crippen molar-refractivity contribution in [1.82, 2.24) is 10.6 Å². The van der Waals surface area contributed by atoms with Gasteiger partial charge in [-0.3, -0.25) is 9.59 Å². The van der Waals surface area contributed by atoms with Crippen molar-refractivity contribution < 1.29 is 14.3 Å². The maximum Gasteiger partial charge on any atom is 0.251 e. The summed E-state index contributed by atoms with van der Waals surface area (Å²) in [5.74, 6) is 0.786. The van der Waals surface area contributed by atoms with Gasteiger partial charge in [-0.25, -0.2) is 0 Å². The minimum atomic E-state index is -0.731. The van der Waals surface area contributed by atoms with Crippen LogP contribution in [-0.4, -0.2) is 24.4 Å². The van der Waals surface area contributed by atoms with E-state index in [1.165, 1.54) is 5.56 Å². The molecule has 5 nitrogen and oxygen atoms in total. The third-order valence-electron chi connectivity index (χ3n) is 5.85. The molecule has 0 radical (unpaired) electrons. The highest BCUT2D eigenvalue weighted by Gasteiger charge is 2.22. The first-order valence-corrected chi connectivity index (χ1v) is 12.6. The van der Waals surface area contributed by atoms with Crippen LogP contribution >= 0.6 is 11.6 Å². The van der Waals surface area contributed by atoms with Crippen molar-refractivity contribution >= 4 is 23.4 Å². The van der Waals surface area contributed by atoms with Gasteiger partial charge in [-0.15, -0.1) is 0 Å². The molecule has 0 heterocycles. The molecule has 188 valence electrons. The number of hydrogen-bond donors (Lipinski definition) is 2. The summed E-state index contributed by atoms with van der Waals surface area (Å²) in [4.78, 5) is 26.1. The van der Waals surface area contributed by atoms with Gasteiger partial charge in [0.2, 0.25) is 5.91 Å². The van der Waals surface area contributed by atoms with Gasteiger partial charge in [-0.2, -0.15) is 0 Å². The lowest BCUT2D eigenvalue weighted by Gasteiger charge is -2.19. The summed E-state index contributed by atoms with van der Waals surface area (Å²) in [7, 11) is 0. The summed E-state index contributed by atoms with van der Waals surface area (Å²) in [6, 6.07) is 33.0. The van der Waals surface area contributed by atoms with E-state index in [-0.39, 0.29) is 11.8 Å². The minimum absolute atomic E-state index is 0.222. The third-order valence-corrected chi connectivity index (χ3v) is 6.11. The monoisotopic (exact) mass is 512 g/mol. The van der Waals surface area contributed by atoms with Crippen molar-refractivity contribution in [2.75, 3.05) is 6.54 Å². The summed E-state index contributed by atoms with van der Waals surface area (Å²) in [6.45, 7) is 0.520. The zero-order valence-corrected chi connectivity index (χ0v) is 21.2. The van der Waals surface area contributed by atoms with Crippen molar-refractivity contribution in [1.29, 1.82) is 0 Å². The number of amides is 2. The van der Waals surface area contributed by atoms with Gasteiger partial charge in [-0.1, -0.05) is 72.3 Å². The highest BCUT2D eigenvalue weighted by atomic mass is 35.5. The quantitative estimate of drug-likeness (QED) is 0.234. The second-order valence-electron chi connectivity index (χ2n) is 8.68. The highest BCUT2D eigenvalue weighted by Crippen LogP contribution is 2.21. The topological polar surface area (TPSA) is 67.4 Å². The van der Waals surface area contributed by atoms with Crippen LogP contribution in [0.15, 0.2) is 109 Å². The molecule has 0 bridgehead atoms. The van der Waals surface area contributed by atoms with E-state index in [0.717, 1.165) is 18.4 Å². The predicted octanol–water partition coefficient (Wildman–Crippen LogP) is 6.22. The maximum atomic E-state index is 13.1. The molecule has 6 heteroatoms. The van der Waals surface area contributed by atoms with Crippen LogP contribution in [0.2, 0.25) is 5.02 Å². The fourth-order valence-electron chi connectivity index (χ4n) is 3.88. The van der Waals surface area contributed by atoms with Crippen LogP contribution in [0.4, 0.5) is 0 Å². The van der Waals surface area contributed by atoms with Crippen molar-refractivity contribution in [3.63, 3.8) is 0 Å². The molecule has 1 unspecified atom stereocenters. The van der Waals surface area contributed by atoms with Crippen LogP contribution < -0.4 is 15.4 Å². The lowest BCUT2D eigenvalue weighted by atomic mass is 10.0. The van der Waals surface area contributed by atoms with Crippen LogP contribution in [0.5, 0.6) is 11.5 Å². The number of carbonyl (C=O) groups excluding carboxylic acids is 2. The number of benzene rings is 4. The molecule has 37 heavy (non-hydrogen) atoms. The molecule has 0 aliphatic carbocycles. The van der Waals surface area contributed by atoms with Crippen LogP contribution in [-0.2, 0) is 17.6 Å². The third kappa shape index (κ3) is 8.23.